The lowest BCUT2D eigenvalue weighted by Crippen LogP contribution is -1.92. The molecule has 3 nitrogen and oxygen atoms in total. The van der Waals surface area contributed by atoms with E-state index in [9.17, 15) is 4.39 Å². The molecule has 0 atom stereocenters. The van der Waals surface area contributed by atoms with Crippen LogP contribution in [0.4, 0.5) is 4.39 Å². The maximum absolute atomic E-state index is 12.7. The van der Waals surface area contributed by atoms with Gasteiger partial charge in [-0.3, -0.25) is 0 Å². The van der Waals surface area contributed by atoms with Gasteiger partial charge in [0.2, 0.25) is 0 Å². The van der Waals surface area contributed by atoms with Gasteiger partial charge < -0.3 is 5.11 Å². The fraction of sp³-hybridized carbons (Fsp3) is 0.0909. The molecule has 0 fully saturated rings. The molecule has 0 aliphatic heterocycles. The van der Waals surface area contributed by atoms with Gasteiger partial charge in [0.05, 0.1) is 18.0 Å². The zero-order valence-electron chi connectivity index (χ0n) is 7.89. The lowest BCUT2D eigenvalue weighted by atomic mass is 10.1. The summed E-state index contributed by atoms with van der Waals surface area (Å²) in [6.45, 7) is -0.128. The lowest BCUT2D eigenvalue weighted by Gasteiger charge is -2.01. The molecule has 0 unspecified atom stereocenters. The number of hydrogen-bond donors (Lipinski definition) is 1. The van der Waals surface area contributed by atoms with Crippen LogP contribution < -0.4 is 0 Å². The highest BCUT2D eigenvalue weighted by atomic mass is 19.1. The molecule has 0 saturated heterocycles. The first-order valence-electron chi connectivity index (χ1n) is 4.47. The SMILES string of the molecule is OCc1cc(-c2ccc(F)cc2)ncn1. The Hall–Kier alpha value is -1.81. The van der Waals surface area contributed by atoms with Gasteiger partial charge in [-0.05, 0) is 30.3 Å². The Kier molecular flexibility index (Phi) is 2.69. The van der Waals surface area contributed by atoms with Gasteiger partial charge in [-0.15, -0.1) is 0 Å². The number of aliphatic hydroxyl groups is 1. The van der Waals surface area contributed by atoms with E-state index < -0.39 is 0 Å². The van der Waals surface area contributed by atoms with Crippen LogP contribution in [-0.2, 0) is 6.61 Å². The number of aromatic nitrogens is 2. The normalized spacial score (nSPS) is 10.3. The fourth-order valence-electron chi connectivity index (χ4n) is 1.26. The van der Waals surface area contributed by atoms with Gasteiger partial charge in [0, 0.05) is 5.56 Å². The van der Waals surface area contributed by atoms with Crippen molar-refractivity contribution < 1.29 is 9.50 Å². The van der Waals surface area contributed by atoms with Crippen LogP contribution in [0, 0.1) is 5.82 Å². The standard InChI is InChI=1S/C11H9FN2O/c12-9-3-1-8(2-4-9)11-5-10(6-15)13-7-14-11/h1-5,7,15H,6H2. The van der Waals surface area contributed by atoms with E-state index in [0.29, 0.717) is 11.4 Å². The molecule has 1 aromatic carbocycles. The molecule has 2 rings (SSSR count). The molecule has 0 radical (unpaired) electrons. The van der Waals surface area contributed by atoms with Crippen LogP contribution >= 0.6 is 0 Å². The molecule has 0 amide bonds. The number of benzene rings is 1. The van der Waals surface area contributed by atoms with Crippen LogP contribution in [0.5, 0.6) is 0 Å². The molecule has 15 heavy (non-hydrogen) atoms. The summed E-state index contributed by atoms with van der Waals surface area (Å²) in [6, 6.07) is 7.69. The number of nitrogens with zero attached hydrogens (tertiary/aromatic N) is 2. The second-order valence-corrected chi connectivity index (χ2v) is 3.06. The summed E-state index contributed by atoms with van der Waals surface area (Å²) in [6.07, 6.45) is 1.38. The molecule has 1 aromatic heterocycles. The second kappa shape index (κ2) is 4.14. The van der Waals surface area contributed by atoms with Gasteiger partial charge >= 0.3 is 0 Å². The molecule has 0 spiro atoms. The predicted molar refractivity (Wildman–Crippen MR) is 53.3 cm³/mol. The van der Waals surface area contributed by atoms with E-state index in [2.05, 4.69) is 9.97 Å². The highest BCUT2D eigenvalue weighted by Gasteiger charge is 2.01. The summed E-state index contributed by atoms with van der Waals surface area (Å²) < 4.78 is 12.7. The smallest absolute Gasteiger partial charge is 0.123 e. The van der Waals surface area contributed by atoms with Crippen LogP contribution in [0.15, 0.2) is 36.7 Å². The summed E-state index contributed by atoms with van der Waals surface area (Å²) in [5.41, 5.74) is 2.02. The van der Waals surface area contributed by atoms with Crippen LogP contribution in [0.1, 0.15) is 5.69 Å². The monoisotopic (exact) mass is 204 g/mol. The van der Waals surface area contributed by atoms with Crippen molar-refractivity contribution in [1.82, 2.24) is 9.97 Å². The van der Waals surface area contributed by atoms with Gasteiger partial charge in [0.15, 0.2) is 0 Å². The molecule has 1 heterocycles. The van der Waals surface area contributed by atoms with Crippen LogP contribution in [0.3, 0.4) is 0 Å². The first kappa shape index (κ1) is 9.73. The van der Waals surface area contributed by atoms with E-state index in [1.54, 1.807) is 18.2 Å². The maximum Gasteiger partial charge on any atom is 0.123 e. The highest BCUT2D eigenvalue weighted by molar-refractivity contribution is 5.58. The third-order valence-electron chi connectivity index (χ3n) is 2.03. The van der Waals surface area contributed by atoms with Gasteiger partial charge in [0.25, 0.3) is 0 Å². The van der Waals surface area contributed by atoms with Gasteiger partial charge in [-0.2, -0.15) is 0 Å². The van der Waals surface area contributed by atoms with E-state index in [1.807, 2.05) is 0 Å². The van der Waals surface area contributed by atoms with Crippen molar-refractivity contribution in [3.8, 4) is 11.3 Å². The van der Waals surface area contributed by atoms with Crippen molar-refractivity contribution in [1.29, 1.82) is 0 Å². The number of halogens is 1. The fourth-order valence-corrected chi connectivity index (χ4v) is 1.26. The Labute approximate surface area is 86.3 Å². The van der Waals surface area contributed by atoms with Gasteiger partial charge in [-0.25, -0.2) is 14.4 Å². The number of aliphatic hydroxyl groups excluding tert-OH is 1. The van der Waals surface area contributed by atoms with Crippen molar-refractivity contribution in [3.63, 3.8) is 0 Å². The largest absolute Gasteiger partial charge is 0.390 e. The minimum absolute atomic E-state index is 0.128. The Bertz CT molecular complexity index is 456. The molecule has 0 bridgehead atoms. The molecule has 0 aliphatic carbocycles. The van der Waals surface area contributed by atoms with E-state index in [0.717, 1.165) is 5.56 Å². The summed E-state index contributed by atoms with van der Waals surface area (Å²) in [5.74, 6) is -0.282. The van der Waals surface area contributed by atoms with Crippen molar-refractivity contribution >= 4 is 0 Å². The van der Waals surface area contributed by atoms with Crippen molar-refractivity contribution in [2.75, 3.05) is 0 Å². The second-order valence-electron chi connectivity index (χ2n) is 3.06. The van der Waals surface area contributed by atoms with Crippen LogP contribution in [0.2, 0.25) is 0 Å². The zero-order chi connectivity index (χ0) is 10.7. The molecular weight excluding hydrogens is 195 g/mol. The van der Waals surface area contributed by atoms with Crippen LogP contribution in [0.25, 0.3) is 11.3 Å². The summed E-state index contributed by atoms with van der Waals surface area (Å²) in [4.78, 5) is 7.91. The quantitative estimate of drug-likeness (QED) is 0.810. The minimum Gasteiger partial charge on any atom is -0.390 e. The van der Waals surface area contributed by atoms with E-state index in [4.69, 9.17) is 5.11 Å². The van der Waals surface area contributed by atoms with Crippen molar-refractivity contribution in [2.45, 2.75) is 6.61 Å². The summed E-state index contributed by atoms with van der Waals surface area (Å²) in [7, 11) is 0. The maximum atomic E-state index is 12.7. The molecule has 4 heteroatoms. The Balaban J connectivity index is 2.40. The predicted octanol–water partition coefficient (Wildman–Crippen LogP) is 1.77. The summed E-state index contributed by atoms with van der Waals surface area (Å²) >= 11 is 0. The van der Waals surface area contributed by atoms with Crippen molar-refractivity contribution in [3.05, 3.63) is 48.2 Å². The number of rotatable bonds is 2. The molecular formula is C11H9FN2O. The highest BCUT2D eigenvalue weighted by Crippen LogP contribution is 2.17. The first-order valence-corrected chi connectivity index (χ1v) is 4.47. The average Bonchev–Trinajstić information content (AvgIpc) is 2.30. The molecule has 0 saturated carbocycles. The molecule has 2 aromatic rings. The molecule has 1 N–H and O–H groups in total. The zero-order valence-corrected chi connectivity index (χ0v) is 7.89. The molecule has 0 aliphatic rings. The van der Waals surface area contributed by atoms with Crippen molar-refractivity contribution in [2.24, 2.45) is 0 Å². The van der Waals surface area contributed by atoms with Crippen LogP contribution in [-0.4, -0.2) is 15.1 Å². The third kappa shape index (κ3) is 2.16. The average molecular weight is 204 g/mol. The third-order valence-corrected chi connectivity index (χ3v) is 2.03. The van der Waals surface area contributed by atoms with E-state index >= 15 is 0 Å². The first-order chi connectivity index (χ1) is 7.29. The summed E-state index contributed by atoms with van der Waals surface area (Å²) in [5, 5.41) is 8.90. The molecule has 76 valence electrons. The Morgan fingerprint density at radius 3 is 2.53 bits per heavy atom. The topological polar surface area (TPSA) is 46.0 Å². The Morgan fingerprint density at radius 2 is 1.87 bits per heavy atom. The minimum atomic E-state index is -0.282. The Morgan fingerprint density at radius 1 is 1.13 bits per heavy atom. The van der Waals surface area contributed by atoms with E-state index in [-0.39, 0.29) is 12.4 Å². The van der Waals surface area contributed by atoms with E-state index in [1.165, 1.54) is 18.5 Å². The number of hydrogen-bond acceptors (Lipinski definition) is 3. The van der Waals surface area contributed by atoms with Gasteiger partial charge in [0.1, 0.15) is 12.1 Å². The lowest BCUT2D eigenvalue weighted by molar-refractivity contribution is 0.276. The van der Waals surface area contributed by atoms with Gasteiger partial charge in [-0.1, -0.05) is 0 Å².